The number of rotatable bonds is 5. The van der Waals surface area contributed by atoms with Gasteiger partial charge in [0.1, 0.15) is 18.1 Å². The fourth-order valence-corrected chi connectivity index (χ4v) is 2.78. The van der Waals surface area contributed by atoms with Gasteiger partial charge in [-0.3, -0.25) is 14.5 Å². The number of carbonyl (C=O) groups excluding carboxylic acids is 2. The lowest BCUT2D eigenvalue weighted by Crippen LogP contribution is -2.30. The van der Waals surface area contributed by atoms with Crippen molar-refractivity contribution in [2.45, 2.75) is 39.2 Å². The highest BCUT2D eigenvalue weighted by molar-refractivity contribution is 6.03. The van der Waals surface area contributed by atoms with Gasteiger partial charge in [0.2, 0.25) is 17.7 Å². The molecule has 1 aromatic heterocycles. The molecule has 5 nitrogen and oxygen atoms in total. The van der Waals surface area contributed by atoms with E-state index < -0.39 is 5.92 Å². The molecule has 0 saturated carbocycles. The summed E-state index contributed by atoms with van der Waals surface area (Å²) < 4.78 is 18.5. The maximum absolute atomic E-state index is 13.0. The van der Waals surface area contributed by atoms with Crippen LogP contribution in [0.3, 0.4) is 0 Å². The van der Waals surface area contributed by atoms with Gasteiger partial charge >= 0.3 is 0 Å². The Morgan fingerprint density at radius 2 is 2.00 bits per heavy atom. The average molecular weight is 330 g/mol. The minimum Gasteiger partial charge on any atom is -0.443 e. The summed E-state index contributed by atoms with van der Waals surface area (Å²) in [6, 6.07) is 5.99. The van der Waals surface area contributed by atoms with Crippen LogP contribution in [0.15, 0.2) is 34.9 Å². The first-order valence-electron chi connectivity index (χ1n) is 7.97. The van der Waals surface area contributed by atoms with Crippen LogP contribution in [-0.4, -0.2) is 21.7 Å². The number of aromatic nitrogens is 1. The lowest BCUT2D eigenvalue weighted by molar-refractivity contribution is -0.140. The van der Waals surface area contributed by atoms with Crippen molar-refractivity contribution in [3.8, 4) is 0 Å². The first-order chi connectivity index (χ1) is 11.4. The topological polar surface area (TPSA) is 63.4 Å². The Bertz CT molecular complexity index is 752. The number of oxazole rings is 1. The number of carbonyl (C=O) groups is 2. The lowest BCUT2D eigenvalue weighted by atomic mass is 9.98. The van der Waals surface area contributed by atoms with E-state index in [1.54, 1.807) is 18.3 Å². The zero-order valence-corrected chi connectivity index (χ0v) is 13.7. The monoisotopic (exact) mass is 330 g/mol. The zero-order chi connectivity index (χ0) is 17.3. The molecule has 0 radical (unpaired) electrons. The minimum atomic E-state index is -0.414. The number of benzene rings is 1. The summed E-state index contributed by atoms with van der Waals surface area (Å²) >= 11 is 0. The number of halogens is 1. The molecule has 6 heteroatoms. The highest BCUT2D eigenvalue weighted by Gasteiger charge is 2.39. The second kappa shape index (κ2) is 6.55. The van der Waals surface area contributed by atoms with E-state index in [0.29, 0.717) is 12.3 Å². The largest absolute Gasteiger partial charge is 0.443 e. The summed E-state index contributed by atoms with van der Waals surface area (Å²) in [5.41, 5.74) is 0.836. The molecule has 1 aliphatic heterocycles. The van der Waals surface area contributed by atoms with Crippen LogP contribution >= 0.6 is 0 Å². The SMILES string of the molecule is CC(C)c1cnc(CN2C(=O)CC(Cc3ccc(F)cc3)C2=O)o1. The van der Waals surface area contributed by atoms with E-state index in [1.165, 1.54) is 17.0 Å². The molecule has 1 saturated heterocycles. The second-order valence-corrected chi connectivity index (χ2v) is 6.36. The fraction of sp³-hybridized carbons (Fsp3) is 0.389. The Balaban J connectivity index is 1.68. The summed E-state index contributed by atoms with van der Waals surface area (Å²) in [5, 5.41) is 0. The molecular weight excluding hydrogens is 311 g/mol. The van der Waals surface area contributed by atoms with Crippen molar-refractivity contribution in [2.75, 3.05) is 0 Å². The molecule has 0 spiro atoms. The highest BCUT2D eigenvalue weighted by atomic mass is 19.1. The van der Waals surface area contributed by atoms with E-state index in [4.69, 9.17) is 4.42 Å². The van der Waals surface area contributed by atoms with Gasteiger partial charge in [0, 0.05) is 12.3 Å². The summed E-state index contributed by atoms with van der Waals surface area (Å²) in [6.07, 6.45) is 2.21. The van der Waals surface area contributed by atoms with Crippen LogP contribution in [0.2, 0.25) is 0 Å². The van der Waals surface area contributed by atoms with Gasteiger partial charge in [0.05, 0.1) is 12.1 Å². The summed E-state index contributed by atoms with van der Waals surface area (Å²) in [4.78, 5) is 30.0. The number of nitrogens with zero attached hydrogens (tertiary/aromatic N) is 2. The minimum absolute atomic E-state index is 0.0598. The van der Waals surface area contributed by atoms with E-state index in [9.17, 15) is 14.0 Å². The quantitative estimate of drug-likeness (QED) is 0.791. The van der Waals surface area contributed by atoms with Crippen molar-refractivity contribution >= 4 is 11.8 Å². The number of hydrogen-bond acceptors (Lipinski definition) is 4. The zero-order valence-electron chi connectivity index (χ0n) is 13.7. The van der Waals surface area contributed by atoms with Crippen molar-refractivity contribution in [3.05, 3.63) is 53.5 Å². The maximum atomic E-state index is 13.0. The molecule has 126 valence electrons. The predicted molar refractivity (Wildman–Crippen MR) is 84.4 cm³/mol. The van der Waals surface area contributed by atoms with Crippen molar-refractivity contribution in [1.82, 2.24) is 9.88 Å². The first-order valence-corrected chi connectivity index (χ1v) is 7.97. The van der Waals surface area contributed by atoms with E-state index in [1.807, 2.05) is 13.8 Å². The third-order valence-electron chi connectivity index (χ3n) is 4.17. The van der Waals surface area contributed by atoms with Gasteiger partial charge in [-0.15, -0.1) is 0 Å². The molecule has 0 N–H and O–H groups in total. The van der Waals surface area contributed by atoms with Gasteiger partial charge in [-0.2, -0.15) is 0 Å². The van der Waals surface area contributed by atoms with Crippen LogP contribution in [0.25, 0.3) is 0 Å². The molecule has 0 bridgehead atoms. The Hall–Kier alpha value is -2.50. The van der Waals surface area contributed by atoms with Crippen molar-refractivity contribution in [2.24, 2.45) is 5.92 Å². The summed E-state index contributed by atoms with van der Waals surface area (Å²) in [5.74, 6) is 0.101. The molecule has 0 aliphatic carbocycles. The first kappa shape index (κ1) is 16.4. The van der Waals surface area contributed by atoms with E-state index in [2.05, 4.69) is 4.98 Å². The molecule has 1 fully saturated rings. The summed E-state index contributed by atoms with van der Waals surface area (Å²) in [7, 11) is 0. The third kappa shape index (κ3) is 3.37. The van der Waals surface area contributed by atoms with Crippen LogP contribution in [0.1, 0.15) is 43.4 Å². The average Bonchev–Trinajstić information content (AvgIpc) is 3.11. The van der Waals surface area contributed by atoms with Crippen LogP contribution in [-0.2, 0) is 22.6 Å². The van der Waals surface area contributed by atoms with Crippen molar-refractivity contribution < 1.29 is 18.4 Å². The molecule has 24 heavy (non-hydrogen) atoms. The third-order valence-corrected chi connectivity index (χ3v) is 4.17. The second-order valence-electron chi connectivity index (χ2n) is 6.36. The standard InChI is InChI=1S/C18H19FN2O3/c1-11(2)15-9-20-16(24-15)10-21-17(22)8-13(18(21)23)7-12-3-5-14(19)6-4-12/h3-6,9,11,13H,7-8,10H2,1-2H3. The Labute approximate surface area is 139 Å². The Morgan fingerprint density at radius 1 is 1.29 bits per heavy atom. The van der Waals surface area contributed by atoms with E-state index in [0.717, 1.165) is 11.3 Å². The lowest BCUT2D eigenvalue weighted by Gasteiger charge is -2.13. The van der Waals surface area contributed by atoms with Crippen LogP contribution in [0.4, 0.5) is 4.39 Å². The van der Waals surface area contributed by atoms with Crippen LogP contribution in [0.5, 0.6) is 0 Å². The molecule has 2 heterocycles. The summed E-state index contributed by atoms with van der Waals surface area (Å²) in [6.45, 7) is 4.02. The molecular formula is C18H19FN2O3. The number of imide groups is 1. The van der Waals surface area contributed by atoms with Crippen molar-refractivity contribution in [1.29, 1.82) is 0 Å². The Morgan fingerprint density at radius 3 is 2.62 bits per heavy atom. The molecule has 2 amide bonds. The van der Waals surface area contributed by atoms with E-state index >= 15 is 0 Å². The van der Waals surface area contributed by atoms with Crippen molar-refractivity contribution in [3.63, 3.8) is 0 Å². The van der Waals surface area contributed by atoms with Gasteiger partial charge < -0.3 is 4.42 Å². The number of amides is 2. The van der Waals surface area contributed by atoms with Gasteiger partial charge in [-0.1, -0.05) is 26.0 Å². The van der Waals surface area contributed by atoms with Gasteiger partial charge in [-0.25, -0.2) is 9.37 Å². The maximum Gasteiger partial charge on any atom is 0.233 e. The molecule has 1 aromatic carbocycles. The fourth-order valence-electron chi connectivity index (χ4n) is 2.78. The highest BCUT2D eigenvalue weighted by Crippen LogP contribution is 2.26. The molecule has 2 aromatic rings. The predicted octanol–water partition coefficient (Wildman–Crippen LogP) is 3.05. The number of hydrogen-bond donors (Lipinski definition) is 0. The van der Waals surface area contributed by atoms with Crippen LogP contribution in [0, 0.1) is 11.7 Å². The van der Waals surface area contributed by atoms with Crippen LogP contribution < -0.4 is 0 Å². The van der Waals surface area contributed by atoms with Gasteiger partial charge in [0.25, 0.3) is 0 Å². The Kier molecular flexibility index (Phi) is 4.46. The molecule has 1 unspecified atom stereocenters. The van der Waals surface area contributed by atoms with Gasteiger partial charge in [-0.05, 0) is 24.1 Å². The normalized spacial score (nSPS) is 18.0. The van der Waals surface area contributed by atoms with Gasteiger partial charge in [0.15, 0.2) is 0 Å². The number of likely N-dealkylation sites (tertiary alicyclic amines) is 1. The molecule has 3 rings (SSSR count). The molecule has 1 atom stereocenters. The van der Waals surface area contributed by atoms with E-state index in [-0.39, 0.29) is 36.5 Å². The smallest absolute Gasteiger partial charge is 0.233 e. The molecule has 1 aliphatic rings.